The zero-order chi connectivity index (χ0) is 10.4. The lowest BCUT2D eigenvalue weighted by Gasteiger charge is -1.96. The number of esters is 1. The maximum absolute atomic E-state index is 11.0. The molecule has 1 rings (SSSR count). The number of carbonyl (C=O) groups excluding carboxylic acids is 1. The van der Waals surface area contributed by atoms with Gasteiger partial charge in [-0.3, -0.25) is 4.79 Å². The number of carbonyl (C=O) groups is 1. The zero-order valence-electron chi connectivity index (χ0n) is 7.73. The van der Waals surface area contributed by atoms with E-state index in [0.29, 0.717) is 0 Å². The molecular formula is C11H9NO2. The summed E-state index contributed by atoms with van der Waals surface area (Å²) in [7, 11) is 1.26. The normalized spacial score (nSPS) is 10.4. The average molecular weight is 187 g/mol. The first kappa shape index (κ1) is 10.0. The van der Waals surface area contributed by atoms with Gasteiger partial charge in [0, 0.05) is 0 Å². The molecule has 0 heterocycles. The van der Waals surface area contributed by atoms with Crippen LogP contribution in [0.3, 0.4) is 0 Å². The van der Waals surface area contributed by atoms with Crippen LogP contribution >= 0.6 is 0 Å². The summed E-state index contributed by atoms with van der Waals surface area (Å²) < 4.78 is 4.45. The summed E-state index contributed by atoms with van der Waals surface area (Å²) in [6.07, 6.45) is 1.50. The molecule has 0 fully saturated rings. The molecule has 0 aliphatic heterocycles. The van der Waals surface area contributed by atoms with Gasteiger partial charge in [0.1, 0.15) is 0 Å². The predicted molar refractivity (Wildman–Crippen MR) is 53.0 cm³/mol. The summed E-state index contributed by atoms with van der Waals surface area (Å²) in [6.45, 7) is 6.80. The molecule has 0 aromatic heterocycles. The first-order valence-corrected chi connectivity index (χ1v) is 4.00. The Balaban J connectivity index is 2.97. The molecule has 3 nitrogen and oxygen atoms in total. The molecule has 0 unspecified atom stereocenters. The molecule has 0 saturated heterocycles. The molecule has 3 heteroatoms. The number of methoxy groups -OCH3 is 1. The summed E-state index contributed by atoms with van der Waals surface area (Å²) in [5, 5.41) is 0. The predicted octanol–water partition coefficient (Wildman–Crippen LogP) is 2.12. The Hall–Kier alpha value is -2.08. The van der Waals surface area contributed by atoms with Crippen LogP contribution in [-0.4, -0.2) is 13.1 Å². The summed E-state index contributed by atoms with van der Waals surface area (Å²) in [4.78, 5) is 14.1. The Morgan fingerprint density at radius 2 is 2.07 bits per heavy atom. The van der Waals surface area contributed by atoms with Crippen LogP contribution < -0.4 is 0 Å². The van der Waals surface area contributed by atoms with Gasteiger partial charge in [0.25, 0.3) is 5.70 Å². The van der Waals surface area contributed by atoms with Crippen LogP contribution in [0.4, 0.5) is 0 Å². The van der Waals surface area contributed by atoms with Crippen LogP contribution in [0.5, 0.6) is 0 Å². The van der Waals surface area contributed by atoms with Gasteiger partial charge in [0.15, 0.2) is 0 Å². The smallest absolute Gasteiger partial charge is 0.336 e. The molecule has 70 valence electrons. The van der Waals surface area contributed by atoms with Gasteiger partial charge >= 0.3 is 5.97 Å². The average Bonchev–Trinajstić information content (AvgIpc) is 2.26. The molecule has 14 heavy (non-hydrogen) atoms. The van der Waals surface area contributed by atoms with E-state index >= 15 is 0 Å². The van der Waals surface area contributed by atoms with Crippen molar-refractivity contribution in [1.82, 2.24) is 0 Å². The highest BCUT2D eigenvalue weighted by molar-refractivity contribution is 5.95. The number of rotatable bonds is 2. The van der Waals surface area contributed by atoms with E-state index in [9.17, 15) is 4.79 Å². The van der Waals surface area contributed by atoms with Crippen molar-refractivity contribution < 1.29 is 9.53 Å². The third kappa shape index (κ3) is 2.46. The fourth-order valence-electron chi connectivity index (χ4n) is 0.949. The fraction of sp³-hybridized carbons (Fsp3) is 0.0909. The first-order chi connectivity index (χ1) is 6.77. The molecule has 1 aromatic rings. The number of benzene rings is 1. The number of nitrogens with zero attached hydrogens (tertiary/aromatic N) is 1. The maximum atomic E-state index is 11.0. The van der Waals surface area contributed by atoms with Gasteiger partial charge in [-0.05, 0) is 11.6 Å². The second-order valence-electron chi connectivity index (χ2n) is 2.54. The quantitative estimate of drug-likeness (QED) is 0.403. The van der Waals surface area contributed by atoms with Crippen LogP contribution in [0, 0.1) is 6.57 Å². The van der Waals surface area contributed by atoms with Crippen LogP contribution in [0.25, 0.3) is 10.9 Å². The Bertz CT molecular complexity index is 387. The largest absolute Gasteiger partial charge is 0.474 e. The lowest BCUT2D eigenvalue weighted by atomic mass is 10.2. The van der Waals surface area contributed by atoms with E-state index in [-0.39, 0.29) is 5.70 Å². The van der Waals surface area contributed by atoms with Crippen molar-refractivity contribution in [2.45, 2.75) is 0 Å². The fourth-order valence-corrected chi connectivity index (χ4v) is 0.949. The van der Waals surface area contributed by atoms with E-state index in [1.807, 2.05) is 30.3 Å². The molecule has 0 radical (unpaired) electrons. The van der Waals surface area contributed by atoms with Crippen molar-refractivity contribution in [2.75, 3.05) is 7.11 Å². The van der Waals surface area contributed by atoms with Gasteiger partial charge in [0.2, 0.25) is 0 Å². The lowest BCUT2D eigenvalue weighted by Crippen LogP contribution is -2.00. The maximum Gasteiger partial charge on any atom is 0.336 e. The molecule has 0 N–H and O–H groups in total. The van der Waals surface area contributed by atoms with E-state index in [1.165, 1.54) is 13.2 Å². The van der Waals surface area contributed by atoms with E-state index < -0.39 is 5.97 Å². The van der Waals surface area contributed by atoms with Crippen molar-refractivity contribution in [3.05, 3.63) is 53.0 Å². The molecular weight excluding hydrogens is 178 g/mol. The Kier molecular flexibility index (Phi) is 3.45. The molecule has 0 spiro atoms. The van der Waals surface area contributed by atoms with Gasteiger partial charge in [-0.15, -0.1) is 0 Å². The second kappa shape index (κ2) is 4.83. The lowest BCUT2D eigenvalue weighted by molar-refractivity contribution is -0.135. The summed E-state index contributed by atoms with van der Waals surface area (Å²) >= 11 is 0. The Morgan fingerprint density at radius 1 is 1.43 bits per heavy atom. The third-order valence-corrected chi connectivity index (χ3v) is 1.62. The number of hydrogen-bond acceptors (Lipinski definition) is 2. The molecule has 0 bridgehead atoms. The van der Waals surface area contributed by atoms with Gasteiger partial charge in [-0.1, -0.05) is 30.3 Å². The minimum atomic E-state index is -0.608. The van der Waals surface area contributed by atoms with Crippen LogP contribution in [0.1, 0.15) is 5.56 Å². The number of hydrogen-bond donors (Lipinski definition) is 0. The van der Waals surface area contributed by atoms with Crippen LogP contribution in [0.15, 0.2) is 36.0 Å². The monoisotopic (exact) mass is 187 g/mol. The highest BCUT2D eigenvalue weighted by Gasteiger charge is 2.08. The van der Waals surface area contributed by atoms with Crippen molar-refractivity contribution in [3.63, 3.8) is 0 Å². The Morgan fingerprint density at radius 3 is 2.57 bits per heavy atom. The zero-order valence-corrected chi connectivity index (χ0v) is 7.73. The van der Waals surface area contributed by atoms with Crippen molar-refractivity contribution >= 4 is 12.0 Å². The summed E-state index contributed by atoms with van der Waals surface area (Å²) in [5.41, 5.74) is 0.794. The van der Waals surface area contributed by atoms with Gasteiger partial charge < -0.3 is 4.74 Å². The summed E-state index contributed by atoms with van der Waals surface area (Å²) in [5.74, 6) is -0.608. The van der Waals surface area contributed by atoms with Crippen molar-refractivity contribution in [2.24, 2.45) is 0 Å². The molecule has 1 aromatic carbocycles. The van der Waals surface area contributed by atoms with Crippen LogP contribution in [-0.2, 0) is 9.53 Å². The molecule has 0 atom stereocenters. The third-order valence-electron chi connectivity index (χ3n) is 1.62. The van der Waals surface area contributed by atoms with Crippen LogP contribution in [0.2, 0.25) is 0 Å². The highest BCUT2D eigenvalue weighted by Crippen LogP contribution is 2.08. The minimum absolute atomic E-state index is 0.0151. The SMILES string of the molecule is [C-]#[N+]C(=Cc1ccccc1)C(=O)OC. The van der Waals surface area contributed by atoms with E-state index in [1.54, 1.807) is 0 Å². The first-order valence-electron chi connectivity index (χ1n) is 4.00. The molecule has 0 saturated carbocycles. The standard InChI is InChI=1S/C11H9NO2/c1-12-10(11(13)14-2)8-9-6-4-3-5-7-9/h3-8H,2H3. The number of ether oxygens (including phenoxy) is 1. The van der Waals surface area contributed by atoms with Gasteiger partial charge in [-0.2, -0.15) is 0 Å². The van der Waals surface area contributed by atoms with Crippen molar-refractivity contribution in [1.29, 1.82) is 0 Å². The van der Waals surface area contributed by atoms with Gasteiger partial charge in [-0.25, -0.2) is 4.85 Å². The molecule has 0 amide bonds. The van der Waals surface area contributed by atoms with E-state index in [0.717, 1.165) is 5.56 Å². The highest BCUT2D eigenvalue weighted by atomic mass is 16.5. The van der Waals surface area contributed by atoms with Crippen molar-refractivity contribution in [3.8, 4) is 0 Å². The second-order valence-corrected chi connectivity index (χ2v) is 2.54. The van der Waals surface area contributed by atoms with E-state index in [4.69, 9.17) is 6.57 Å². The molecule has 0 aliphatic carbocycles. The van der Waals surface area contributed by atoms with E-state index in [2.05, 4.69) is 9.58 Å². The van der Waals surface area contributed by atoms with Gasteiger partial charge in [0.05, 0.1) is 13.7 Å². The summed E-state index contributed by atoms with van der Waals surface area (Å²) in [6, 6.07) is 9.17. The topological polar surface area (TPSA) is 30.7 Å². The molecule has 0 aliphatic rings. The minimum Gasteiger partial charge on any atom is -0.474 e. The Labute approximate surface area is 82.4 Å².